The molecule has 2 aromatic rings. The van der Waals surface area contributed by atoms with Gasteiger partial charge in [0.25, 0.3) is 0 Å². The molecule has 1 heterocycles. The van der Waals surface area contributed by atoms with Crippen molar-refractivity contribution in [1.29, 1.82) is 0 Å². The van der Waals surface area contributed by atoms with Crippen LogP contribution in [0.25, 0.3) is 11.3 Å². The summed E-state index contributed by atoms with van der Waals surface area (Å²) >= 11 is 0. The van der Waals surface area contributed by atoms with Crippen LogP contribution in [0, 0.1) is 0 Å². The molecule has 0 radical (unpaired) electrons. The fourth-order valence-electron chi connectivity index (χ4n) is 2.06. The quantitative estimate of drug-likeness (QED) is 0.867. The van der Waals surface area contributed by atoms with Gasteiger partial charge in [0.1, 0.15) is 5.75 Å². The van der Waals surface area contributed by atoms with E-state index in [4.69, 9.17) is 10.5 Å². The average molecular weight is 259 g/mol. The number of nitrogens with zero attached hydrogens (tertiary/aromatic N) is 1. The van der Waals surface area contributed by atoms with Crippen molar-refractivity contribution >= 4 is 0 Å². The van der Waals surface area contributed by atoms with Crippen LogP contribution in [0.2, 0.25) is 0 Å². The van der Waals surface area contributed by atoms with Gasteiger partial charge in [-0.1, -0.05) is 19.9 Å². The van der Waals surface area contributed by atoms with Crippen LogP contribution in [0.3, 0.4) is 0 Å². The van der Waals surface area contributed by atoms with Crippen LogP contribution in [-0.4, -0.2) is 23.9 Å². The summed E-state index contributed by atoms with van der Waals surface area (Å²) in [5, 5.41) is 7.34. The predicted octanol–water partition coefficient (Wildman–Crippen LogP) is 2.71. The lowest BCUT2D eigenvalue weighted by molar-refractivity contribution is 0.415. The van der Waals surface area contributed by atoms with E-state index in [2.05, 4.69) is 42.2 Å². The number of hydrogen-bond acceptors (Lipinski definition) is 3. The second-order valence-electron chi connectivity index (χ2n) is 4.93. The molecule has 0 spiro atoms. The normalized spacial score (nSPS) is 11.0. The Morgan fingerprint density at radius 1 is 1.32 bits per heavy atom. The van der Waals surface area contributed by atoms with Gasteiger partial charge in [-0.3, -0.25) is 5.10 Å². The SMILES string of the molecule is COc1cc(C(C)C)ccc1-c1cc(CCN)[nH]n1. The number of nitrogens with one attached hydrogen (secondary N) is 1. The minimum Gasteiger partial charge on any atom is -0.496 e. The van der Waals surface area contributed by atoms with Crippen LogP contribution in [-0.2, 0) is 6.42 Å². The van der Waals surface area contributed by atoms with Crippen molar-refractivity contribution < 1.29 is 4.74 Å². The summed E-state index contributed by atoms with van der Waals surface area (Å²) in [7, 11) is 1.69. The lowest BCUT2D eigenvalue weighted by Crippen LogP contribution is -2.02. The van der Waals surface area contributed by atoms with Gasteiger partial charge in [-0.25, -0.2) is 0 Å². The van der Waals surface area contributed by atoms with Crippen molar-refractivity contribution in [2.75, 3.05) is 13.7 Å². The molecule has 1 aromatic carbocycles. The van der Waals surface area contributed by atoms with Crippen LogP contribution < -0.4 is 10.5 Å². The average Bonchev–Trinajstić information content (AvgIpc) is 2.86. The van der Waals surface area contributed by atoms with E-state index in [-0.39, 0.29) is 0 Å². The zero-order chi connectivity index (χ0) is 13.8. The van der Waals surface area contributed by atoms with E-state index in [9.17, 15) is 0 Å². The summed E-state index contributed by atoms with van der Waals surface area (Å²) in [5.41, 5.74) is 9.76. The van der Waals surface area contributed by atoms with Crippen molar-refractivity contribution in [2.24, 2.45) is 5.73 Å². The van der Waals surface area contributed by atoms with Gasteiger partial charge >= 0.3 is 0 Å². The minimum absolute atomic E-state index is 0.481. The summed E-state index contributed by atoms with van der Waals surface area (Å²) in [6, 6.07) is 8.30. The van der Waals surface area contributed by atoms with E-state index in [0.29, 0.717) is 12.5 Å². The lowest BCUT2D eigenvalue weighted by atomic mass is 9.99. The second-order valence-corrected chi connectivity index (χ2v) is 4.93. The first-order valence-electron chi connectivity index (χ1n) is 6.58. The molecule has 102 valence electrons. The number of benzene rings is 1. The standard InChI is InChI=1S/C15H21N3O/c1-10(2)11-4-5-13(15(8-11)19-3)14-9-12(6-7-16)17-18-14/h4-5,8-10H,6-7,16H2,1-3H3,(H,17,18). The summed E-state index contributed by atoms with van der Waals surface area (Å²) in [4.78, 5) is 0. The summed E-state index contributed by atoms with van der Waals surface area (Å²) < 4.78 is 5.48. The van der Waals surface area contributed by atoms with Crippen LogP contribution in [0.15, 0.2) is 24.3 Å². The number of nitrogens with two attached hydrogens (primary N) is 1. The molecule has 3 N–H and O–H groups in total. The molecule has 0 saturated carbocycles. The highest BCUT2D eigenvalue weighted by atomic mass is 16.5. The van der Waals surface area contributed by atoms with Gasteiger partial charge in [-0.15, -0.1) is 0 Å². The second kappa shape index (κ2) is 5.89. The Kier molecular flexibility index (Phi) is 4.22. The summed E-state index contributed by atoms with van der Waals surface area (Å²) in [5.74, 6) is 1.34. The fraction of sp³-hybridized carbons (Fsp3) is 0.400. The molecule has 0 amide bonds. The maximum absolute atomic E-state index is 5.55. The molecule has 0 unspecified atom stereocenters. The van der Waals surface area contributed by atoms with Crippen molar-refractivity contribution in [2.45, 2.75) is 26.2 Å². The molecule has 0 saturated heterocycles. The number of aromatic nitrogens is 2. The van der Waals surface area contributed by atoms with Crippen LogP contribution in [0.1, 0.15) is 31.0 Å². The monoisotopic (exact) mass is 259 g/mol. The molecule has 0 aliphatic rings. The van der Waals surface area contributed by atoms with E-state index >= 15 is 0 Å². The number of hydrogen-bond donors (Lipinski definition) is 2. The Hall–Kier alpha value is -1.81. The molecule has 19 heavy (non-hydrogen) atoms. The summed E-state index contributed by atoms with van der Waals surface area (Å²) in [6.07, 6.45) is 0.805. The van der Waals surface area contributed by atoms with Gasteiger partial charge in [-0.05, 0) is 36.2 Å². The van der Waals surface area contributed by atoms with E-state index in [1.165, 1.54) is 5.56 Å². The van der Waals surface area contributed by atoms with Crippen LogP contribution >= 0.6 is 0 Å². The zero-order valence-corrected chi connectivity index (χ0v) is 11.7. The van der Waals surface area contributed by atoms with Gasteiger partial charge in [0.05, 0.1) is 12.8 Å². The van der Waals surface area contributed by atoms with E-state index < -0.39 is 0 Å². The number of rotatable bonds is 5. The third-order valence-corrected chi connectivity index (χ3v) is 3.21. The fourth-order valence-corrected chi connectivity index (χ4v) is 2.06. The van der Waals surface area contributed by atoms with Gasteiger partial charge in [-0.2, -0.15) is 5.10 Å². The van der Waals surface area contributed by atoms with Crippen molar-refractivity contribution in [1.82, 2.24) is 10.2 Å². The number of ether oxygens (including phenoxy) is 1. The molecule has 2 rings (SSSR count). The van der Waals surface area contributed by atoms with Crippen molar-refractivity contribution in [3.8, 4) is 17.0 Å². The smallest absolute Gasteiger partial charge is 0.128 e. The first kappa shape index (κ1) is 13.6. The molecule has 0 atom stereocenters. The number of H-pyrrole nitrogens is 1. The molecule has 4 heteroatoms. The topological polar surface area (TPSA) is 63.9 Å². The highest BCUT2D eigenvalue weighted by Gasteiger charge is 2.11. The van der Waals surface area contributed by atoms with E-state index in [1.807, 2.05) is 6.07 Å². The van der Waals surface area contributed by atoms with Crippen molar-refractivity contribution in [3.05, 3.63) is 35.5 Å². The Morgan fingerprint density at radius 2 is 2.11 bits per heavy atom. The van der Waals surface area contributed by atoms with Crippen LogP contribution in [0.5, 0.6) is 5.75 Å². The minimum atomic E-state index is 0.481. The van der Waals surface area contributed by atoms with E-state index in [0.717, 1.165) is 29.1 Å². The maximum atomic E-state index is 5.55. The molecule has 0 fully saturated rings. The molecule has 1 aromatic heterocycles. The number of aromatic amines is 1. The highest BCUT2D eigenvalue weighted by molar-refractivity contribution is 5.68. The lowest BCUT2D eigenvalue weighted by Gasteiger charge is -2.11. The zero-order valence-electron chi connectivity index (χ0n) is 11.7. The Labute approximate surface area is 114 Å². The Balaban J connectivity index is 2.37. The third-order valence-electron chi connectivity index (χ3n) is 3.21. The largest absolute Gasteiger partial charge is 0.496 e. The first-order chi connectivity index (χ1) is 9.15. The predicted molar refractivity (Wildman–Crippen MR) is 77.4 cm³/mol. The molecular formula is C15H21N3O. The highest BCUT2D eigenvalue weighted by Crippen LogP contribution is 2.32. The maximum Gasteiger partial charge on any atom is 0.128 e. The molecule has 4 nitrogen and oxygen atoms in total. The molecule has 0 bridgehead atoms. The Morgan fingerprint density at radius 3 is 2.74 bits per heavy atom. The Bertz CT molecular complexity index is 546. The van der Waals surface area contributed by atoms with Gasteiger partial charge in [0.15, 0.2) is 0 Å². The molecular weight excluding hydrogens is 238 g/mol. The number of methoxy groups -OCH3 is 1. The first-order valence-corrected chi connectivity index (χ1v) is 6.58. The van der Waals surface area contributed by atoms with Crippen LogP contribution in [0.4, 0.5) is 0 Å². The van der Waals surface area contributed by atoms with E-state index in [1.54, 1.807) is 7.11 Å². The van der Waals surface area contributed by atoms with Crippen molar-refractivity contribution in [3.63, 3.8) is 0 Å². The van der Waals surface area contributed by atoms with Gasteiger partial charge in [0.2, 0.25) is 0 Å². The molecule has 0 aliphatic carbocycles. The van der Waals surface area contributed by atoms with Gasteiger partial charge < -0.3 is 10.5 Å². The molecule has 0 aliphatic heterocycles. The summed E-state index contributed by atoms with van der Waals surface area (Å²) in [6.45, 7) is 4.95. The van der Waals surface area contributed by atoms with Gasteiger partial charge in [0, 0.05) is 17.7 Å². The third kappa shape index (κ3) is 2.96.